The van der Waals surface area contributed by atoms with Crippen molar-refractivity contribution in [3.63, 3.8) is 0 Å². The first-order chi connectivity index (χ1) is 3.65. The smallest absolute Gasteiger partial charge is 0.300 e. The van der Waals surface area contributed by atoms with Crippen LogP contribution in [-0.2, 0) is 4.79 Å². The molecular formula is C4H14N2O3. The van der Waals surface area contributed by atoms with Crippen LogP contribution in [0.15, 0.2) is 0 Å². The van der Waals surface area contributed by atoms with Gasteiger partial charge in [0.05, 0.1) is 0 Å². The van der Waals surface area contributed by atoms with E-state index in [-0.39, 0.29) is 5.48 Å². The minimum atomic E-state index is -0.833. The minimum absolute atomic E-state index is 0. The molecule has 0 unspecified atom stereocenters. The summed E-state index contributed by atoms with van der Waals surface area (Å²) < 4.78 is 0. The van der Waals surface area contributed by atoms with E-state index in [2.05, 4.69) is 0 Å². The van der Waals surface area contributed by atoms with Crippen LogP contribution >= 0.6 is 0 Å². The normalized spacial score (nSPS) is 6.11. The fourth-order valence-corrected chi connectivity index (χ4v) is 0. The minimum Gasteiger partial charge on any atom is -0.481 e. The molecule has 0 rings (SSSR count). The zero-order valence-corrected chi connectivity index (χ0v) is 5.42. The molecule has 0 aliphatic heterocycles. The molecule has 0 aromatic carbocycles. The van der Waals surface area contributed by atoms with Gasteiger partial charge in [-0.25, -0.2) is 0 Å². The van der Waals surface area contributed by atoms with Crippen molar-refractivity contribution in [2.45, 2.75) is 6.92 Å². The molecule has 0 atom stereocenters. The molecule has 0 heterocycles. The van der Waals surface area contributed by atoms with Gasteiger partial charge in [0.1, 0.15) is 0 Å². The summed E-state index contributed by atoms with van der Waals surface area (Å²) in [5.41, 5.74) is 9.81. The van der Waals surface area contributed by atoms with Gasteiger partial charge in [-0.05, 0) is 0 Å². The van der Waals surface area contributed by atoms with Crippen LogP contribution in [0.25, 0.3) is 0 Å². The van der Waals surface area contributed by atoms with E-state index in [0.717, 1.165) is 6.92 Å². The van der Waals surface area contributed by atoms with Crippen molar-refractivity contribution in [3.8, 4) is 0 Å². The lowest BCUT2D eigenvalue weighted by molar-refractivity contribution is -0.134. The van der Waals surface area contributed by atoms with Crippen molar-refractivity contribution >= 4 is 5.97 Å². The number of carbonyl (C=O) groups is 1. The van der Waals surface area contributed by atoms with Gasteiger partial charge in [-0.1, -0.05) is 0 Å². The van der Waals surface area contributed by atoms with Crippen molar-refractivity contribution < 1.29 is 15.4 Å². The summed E-state index contributed by atoms with van der Waals surface area (Å²) in [5.74, 6) is -0.833. The maximum Gasteiger partial charge on any atom is 0.300 e. The highest BCUT2D eigenvalue weighted by molar-refractivity contribution is 5.62. The third-order valence-corrected chi connectivity index (χ3v) is 0.167. The van der Waals surface area contributed by atoms with Crippen LogP contribution in [0, 0.1) is 0 Å². The van der Waals surface area contributed by atoms with Gasteiger partial charge in [0, 0.05) is 20.0 Å². The zero-order chi connectivity index (χ0) is 6.99. The third kappa shape index (κ3) is 1720. The van der Waals surface area contributed by atoms with E-state index in [4.69, 9.17) is 21.4 Å². The van der Waals surface area contributed by atoms with Gasteiger partial charge >= 0.3 is 0 Å². The zero-order valence-electron chi connectivity index (χ0n) is 5.42. The standard InChI is InChI=1S/C2H8N2.C2H4O2.H2O/c3-1-2-4;1-2(3)4;/h1-4H2;1H3,(H,3,4);1H2. The van der Waals surface area contributed by atoms with Crippen LogP contribution in [-0.4, -0.2) is 29.6 Å². The largest absolute Gasteiger partial charge is 0.481 e. The van der Waals surface area contributed by atoms with Crippen LogP contribution in [0.5, 0.6) is 0 Å². The van der Waals surface area contributed by atoms with E-state index in [1.54, 1.807) is 0 Å². The van der Waals surface area contributed by atoms with Gasteiger partial charge < -0.3 is 22.1 Å². The highest BCUT2D eigenvalue weighted by atomic mass is 16.4. The number of hydrogen-bond acceptors (Lipinski definition) is 3. The topological polar surface area (TPSA) is 121 Å². The van der Waals surface area contributed by atoms with Gasteiger partial charge in [0.2, 0.25) is 0 Å². The van der Waals surface area contributed by atoms with Gasteiger partial charge in [0.25, 0.3) is 5.97 Å². The second-order valence-corrected chi connectivity index (χ2v) is 1.10. The predicted molar refractivity (Wildman–Crippen MR) is 35.0 cm³/mol. The maximum absolute atomic E-state index is 9.00. The molecular weight excluding hydrogens is 124 g/mol. The van der Waals surface area contributed by atoms with Crippen molar-refractivity contribution in [3.05, 3.63) is 0 Å². The second kappa shape index (κ2) is 15.7. The Morgan fingerprint density at radius 2 is 1.56 bits per heavy atom. The van der Waals surface area contributed by atoms with Crippen LogP contribution in [0.1, 0.15) is 6.92 Å². The predicted octanol–water partition coefficient (Wildman–Crippen LogP) is -1.83. The van der Waals surface area contributed by atoms with Crippen molar-refractivity contribution in [1.82, 2.24) is 0 Å². The number of aliphatic carboxylic acids is 1. The molecule has 5 heteroatoms. The highest BCUT2D eigenvalue weighted by Crippen LogP contribution is 1.42. The Kier molecular flexibility index (Phi) is 27.4. The Bertz CT molecular complexity index is 51.8. The first-order valence-electron chi connectivity index (χ1n) is 2.24. The van der Waals surface area contributed by atoms with Crippen molar-refractivity contribution in [2.24, 2.45) is 11.5 Å². The fourth-order valence-electron chi connectivity index (χ4n) is 0. The van der Waals surface area contributed by atoms with Gasteiger partial charge in [-0.15, -0.1) is 0 Å². The molecule has 0 saturated carbocycles. The summed E-state index contributed by atoms with van der Waals surface area (Å²) in [6, 6.07) is 0. The SMILES string of the molecule is CC(=O)O.NCCN.O. The molecule has 0 aliphatic carbocycles. The number of carboxylic acids is 1. The highest BCUT2D eigenvalue weighted by Gasteiger charge is 1.65. The summed E-state index contributed by atoms with van der Waals surface area (Å²) in [5, 5.41) is 7.42. The molecule has 9 heavy (non-hydrogen) atoms. The molecule has 0 aromatic rings. The summed E-state index contributed by atoms with van der Waals surface area (Å²) in [7, 11) is 0. The lowest BCUT2D eigenvalue weighted by Gasteiger charge is -1.72. The average Bonchev–Trinajstić information content (AvgIpc) is 1.65. The Balaban J connectivity index is -0.0000000720. The van der Waals surface area contributed by atoms with Gasteiger partial charge in [0.15, 0.2) is 0 Å². The van der Waals surface area contributed by atoms with Crippen LogP contribution < -0.4 is 11.5 Å². The monoisotopic (exact) mass is 138 g/mol. The molecule has 0 radical (unpaired) electrons. The van der Waals surface area contributed by atoms with Gasteiger partial charge in [-0.3, -0.25) is 4.79 Å². The lowest BCUT2D eigenvalue weighted by atomic mass is 10.7. The van der Waals surface area contributed by atoms with Crippen molar-refractivity contribution in [1.29, 1.82) is 0 Å². The molecule has 0 saturated heterocycles. The molecule has 0 amide bonds. The van der Waals surface area contributed by atoms with Crippen LogP contribution in [0.4, 0.5) is 0 Å². The molecule has 0 aromatic heterocycles. The van der Waals surface area contributed by atoms with E-state index < -0.39 is 5.97 Å². The lowest BCUT2D eigenvalue weighted by Crippen LogP contribution is -2.11. The van der Waals surface area contributed by atoms with Gasteiger partial charge in [-0.2, -0.15) is 0 Å². The summed E-state index contributed by atoms with van der Waals surface area (Å²) in [6.07, 6.45) is 0. The maximum atomic E-state index is 9.00. The van der Waals surface area contributed by atoms with E-state index in [1.807, 2.05) is 0 Å². The average molecular weight is 138 g/mol. The first kappa shape index (κ1) is 15.8. The quantitative estimate of drug-likeness (QED) is 0.394. The molecule has 7 N–H and O–H groups in total. The molecule has 0 bridgehead atoms. The molecule has 5 nitrogen and oxygen atoms in total. The number of carboxylic acid groups (broad SMARTS) is 1. The van der Waals surface area contributed by atoms with Crippen LogP contribution in [0.2, 0.25) is 0 Å². The molecule has 0 aliphatic rings. The number of rotatable bonds is 1. The fraction of sp³-hybridized carbons (Fsp3) is 0.750. The van der Waals surface area contributed by atoms with E-state index in [0.29, 0.717) is 13.1 Å². The van der Waals surface area contributed by atoms with E-state index in [9.17, 15) is 0 Å². The summed E-state index contributed by atoms with van der Waals surface area (Å²) in [6.45, 7) is 2.28. The third-order valence-electron chi connectivity index (χ3n) is 0.167. The van der Waals surface area contributed by atoms with E-state index >= 15 is 0 Å². The number of nitrogens with two attached hydrogens (primary N) is 2. The van der Waals surface area contributed by atoms with E-state index in [1.165, 1.54) is 0 Å². The van der Waals surface area contributed by atoms with Crippen molar-refractivity contribution in [2.75, 3.05) is 13.1 Å². The molecule has 58 valence electrons. The number of hydrogen-bond donors (Lipinski definition) is 3. The second-order valence-electron chi connectivity index (χ2n) is 1.10. The Hall–Kier alpha value is -0.650. The molecule has 0 fully saturated rings. The Morgan fingerprint density at radius 3 is 1.56 bits per heavy atom. The van der Waals surface area contributed by atoms with Crippen LogP contribution in [0.3, 0.4) is 0 Å². The summed E-state index contributed by atoms with van der Waals surface area (Å²) >= 11 is 0. The Morgan fingerprint density at radius 1 is 1.44 bits per heavy atom. The first-order valence-corrected chi connectivity index (χ1v) is 2.24. The molecule has 0 spiro atoms. The Labute approximate surface area is 54.0 Å². The summed E-state index contributed by atoms with van der Waals surface area (Å²) in [4.78, 5) is 9.00.